The average Bonchev–Trinajstić information content (AvgIpc) is 3.09. The first-order valence-electron chi connectivity index (χ1n) is 14.4. The molecule has 0 aliphatic carbocycles. The van der Waals surface area contributed by atoms with Gasteiger partial charge in [0.1, 0.15) is 13.1 Å². The highest BCUT2D eigenvalue weighted by molar-refractivity contribution is 7.93. The maximum absolute atomic E-state index is 13.5. The van der Waals surface area contributed by atoms with Crippen LogP contribution < -0.4 is 19.2 Å². The van der Waals surface area contributed by atoms with E-state index in [2.05, 4.69) is 10.6 Å². The number of nitro benzene ring substituents is 2. The molecule has 0 radical (unpaired) electrons. The minimum Gasteiger partial charge on any atom is -0.352 e. The van der Waals surface area contributed by atoms with Crippen molar-refractivity contribution in [2.24, 2.45) is 0 Å². The van der Waals surface area contributed by atoms with Crippen molar-refractivity contribution in [2.75, 3.05) is 28.2 Å². The van der Waals surface area contributed by atoms with E-state index in [0.717, 1.165) is 32.9 Å². The molecule has 1 unspecified atom stereocenters. The Bertz CT molecular complexity index is 2030. The number of carbonyl (C=O) groups is 2. The summed E-state index contributed by atoms with van der Waals surface area (Å²) >= 11 is 0. The lowest BCUT2D eigenvalue weighted by molar-refractivity contribution is -0.385. The Balaban J connectivity index is 1.46. The Labute approximate surface area is 281 Å². The molecule has 0 aliphatic heterocycles. The van der Waals surface area contributed by atoms with E-state index >= 15 is 0 Å². The number of nitrogens with zero attached hydrogens (tertiary/aromatic N) is 4. The van der Waals surface area contributed by atoms with Crippen LogP contribution in [0.1, 0.15) is 6.92 Å². The summed E-state index contributed by atoms with van der Waals surface area (Å²) in [6, 6.07) is 23.0. The van der Waals surface area contributed by atoms with Crippen LogP contribution in [0.4, 0.5) is 22.7 Å². The number of nitrogens with one attached hydrogen (secondary N) is 2. The Morgan fingerprint density at radius 3 is 1.37 bits per heavy atom. The van der Waals surface area contributed by atoms with Crippen molar-refractivity contribution in [3.8, 4) is 0 Å². The minimum absolute atomic E-state index is 0.00286. The summed E-state index contributed by atoms with van der Waals surface area (Å²) in [6.07, 6.45) is 0. The molecule has 18 heteroatoms. The first kappa shape index (κ1) is 36.0. The second kappa shape index (κ2) is 15.3. The molecule has 0 saturated carbocycles. The Morgan fingerprint density at radius 1 is 0.633 bits per heavy atom. The number of anilines is 2. The van der Waals surface area contributed by atoms with Gasteiger partial charge in [0.05, 0.1) is 31.0 Å². The largest absolute Gasteiger partial charge is 0.352 e. The van der Waals surface area contributed by atoms with Crippen LogP contribution in [-0.4, -0.2) is 64.2 Å². The molecular formula is C31H30N6O10S2. The number of hydrogen-bond acceptors (Lipinski definition) is 10. The van der Waals surface area contributed by atoms with E-state index in [1.54, 1.807) is 12.1 Å². The highest BCUT2D eigenvalue weighted by Crippen LogP contribution is 2.27. The summed E-state index contributed by atoms with van der Waals surface area (Å²) in [5.74, 6) is -1.53. The first-order chi connectivity index (χ1) is 23.2. The highest BCUT2D eigenvalue weighted by atomic mass is 32.2. The van der Waals surface area contributed by atoms with Crippen LogP contribution in [0.5, 0.6) is 0 Å². The maximum atomic E-state index is 13.5. The Hall–Kier alpha value is -5.88. The van der Waals surface area contributed by atoms with Crippen molar-refractivity contribution in [3.63, 3.8) is 0 Å². The maximum Gasteiger partial charge on any atom is 0.269 e. The molecule has 0 bridgehead atoms. The average molecular weight is 711 g/mol. The topological polar surface area (TPSA) is 219 Å². The SMILES string of the molecule is CC(CNC(=O)CN(c1ccc([N+](=O)[O-])cc1)S(=O)(=O)c1ccccc1)NC(=O)CN(c1ccc([N+](=O)[O-])cc1)S(=O)(=O)c1ccccc1. The van der Waals surface area contributed by atoms with Gasteiger partial charge in [0.15, 0.2) is 0 Å². The molecule has 4 aromatic carbocycles. The summed E-state index contributed by atoms with van der Waals surface area (Å²) in [4.78, 5) is 46.8. The van der Waals surface area contributed by atoms with Gasteiger partial charge in [-0.1, -0.05) is 36.4 Å². The number of rotatable bonds is 15. The van der Waals surface area contributed by atoms with Crippen LogP contribution >= 0.6 is 0 Å². The number of non-ortho nitro benzene ring substituents is 2. The van der Waals surface area contributed by atoms with Crippen molar-refractivity contribution in [1.82, 2.24) is 10.6 Å². The van der Waals surface area contributed by atoms with Crippen LogP contribution in [0.15, 0.2) is 119 Å². The van der Waals surface area contributed by atoms with E-state index < -0.39 is 60.8 Å². The highest BCUT2D eigenvalue weighted by Gasteiger charge is 2.29. The van der Waals surface area contributed by atoms with E-state index in [1.807, 2.05) is 0 Å². The molecule has 16 nitrogen and oxygen atoms in total. The van der Waals surface area contributed by atoms with Gasteiger partial charge in [-0.2, -0.15) is 0 Å². The zero-order valence-corrected chi connectivity index (χ0v) is 27.4. The van der Waals surface area contributed by atoms with E-state index in [-0.39, 0.29) is 39.1 Å². The van der Waals surface area contributed by atoms with Crippen molar-refractivity contribution >= 4 is 54.6 Å². The molecule has 0 aromatic heterocycles. The van der Waals surface area contributed by atoms with E-state index in [0.29, 0.717) is 0 Å². The summed E-state index contributed by atoms with van der Waals surface area (Å²) in [7, 11) is -8.59. The Morgan fingerprint density at radius 2 is 1.00 bits per heavy atom. The van der Waals surface area contributed by atoms with Crippen molar-refractivity contribution < 1.29 is 36.3 Å². The number of hydrogen-bond donors (Lipinski definition) is 2. The molecule has 0 aliphatic rings. The van der Waals surface area contributed by atoms with Gasteiger partial charge in [-0.3, -0.25) is 38.4 Å². The number of sulfonamides is 2. The number of benzene rings is 4. The smallest absolute Gasteiger partial charge is 0.269 e. The lowest BCUT2D eigenvalue weighted by atomic mass is 10.2. The lowest BCUT2D eigenvalue weighted by Gasteiger charge is -2.26. The molecule has 1 atom stereocenters. The third kappa shape index (κ3) is 8.93. The third-order valence-corrected chi connectivity index (χ3v) is 10.5. The summed E-state index contributed by atoms with van der Waals surface area (Å²) < 4.78 is 55.6. The lowest BCUT2D eigenvalue weighted by Crippen LogP contribution is -2.48. The molecule has 4 rings (SSSR count). The third-order valence-electron chi connectivity index (χ3n) is 6.95. The van der Waals surface area contributed by atoms with Gasteiger partial charge < -0.3 is 10.6 Å². The summed E-state index contributed by atoms with van der Waals surface area (Å²) in [5.41, 5.74) is -0.565. The van der Waals surface area contributed by atoms with Gasteiger partial charge in [-0.05, 0) is 55.5 Å². The zero-order valence-electron chi connectivity index (χ0n) is 25.8. The van der Waals surface area contributed by atoms with E-state index in [1.165, 1.54) is 79.7 Å². The summed E-state index contributed by atoms with van der Waals surface area (Å²) in [6.45, 7) is -0.0859. The quantitative estimate of drug-likeness (QED) is 0.136. The molecule has 4 aromatic rings. The van der Waals surface area contributed by atoms with Gasteiger partial charge in [-0.25, -0.2) is 16.8 Å². The van der Waals surface area contributed by atoms with Gasteiger partial charge in [-0.15, -0.1) is 0 Å². The normalized spacial score (nSPS) is 11.9. The van der Waals surface area contributed by atoms with Crippen LogP contribution in [0.2, 0.25) is 0 Å². The van der Waals surface area contributed by atoms with Crippen molar-refractivity contribution in [2.45, 2.75) is 22.8 Å². The predicted octanol–water partition coefficient (Wildman–Crippen LogP) is 3.21. The molecule has 49 heavy (non-hydrogen) atoms. The van der Waals surface area contributed by atoms with Gasteiger partial charge >= 0.3 is 0 Å². The fourth-order valence-corrected chi connectivity index (χ4v) is 7.39. The minimum atomic E-state index is -4.29. The second-order valence-electron chi connectivity index (χ2n) is 10.5. The molecule has 2 amide bonds. The number of amides is 2. The molecule has 0 fully saturated rings. The zero-order chi connectivity index (χ0) is 35.8. The van der Waals surface area contributed by atoms with Crippen molar-refractivity contribution in [1.29, 1.82) is 0 Å². The Kier molecular flexibility index (Phi) is 11.3. The standard InChI is InChI=1S/C31H30N6O10S2/c1-23(33-31(39)22-35(25-14-18-27(19-15-25)37(42)43)49(46,47)29-10-6-3-7-11-29)20-32-30(38)21-34(24-12-16-26(17-13-24)36(40)41)48(44,45)28-8-4-2-5-9-28/h2-19,23H,20-22H2,1H3,(H,32,38)(H,33,39). The van der Waals surface area contributed by atoms with Crippen LogP contribution in [0.25, 0.3) is 0 Å². The molecule has 0 saturated heterocycles. The van der Waals surface area contributed by atoms with Crippen LogP contribution in [-0.2, 0) is 29.6 Å². The van der Waals surface area contributed by atoms with Gasteiger partial charge in [0, 0.05) is 36.9 Å². The molecule has 2 N–H and O–H groups in total. The molecular weight excluding hydrogens is 681 g/mol. The number of carbonyl (C=O) groups excluding carboxylic acids is 2. The van der Waals surface area contributed by atoms with Crippen molar-refractivity contribution in [3.05, 3.63) is 129 Å². The van der Waals surface area contributed by atoms with E-state index in [9.17, 15) is 46.7 Å². The second-order valence-corrected chi connectivity index (χ2v) is 14.2. The van der Waals surface area contributed by atoms with Crippen LogP contribution in [0.3, 0.4) is 0 Å². The van der Waals surface area contributed by atoms with Crippen LogP contribution in [0, 0.1) is 20.2 Å². The molecule has 0 spiro atoms. The van der Waals surface area contributed by atoms with Gasteiger partial charge in [0.2, 0.25) is 11.8 Å². The summed E-state index contributed by atoms with van der Waals surface area (Å²) in [5, 5.41) is 27.3. The number of nitro groups is 2. The predicted molar refractivity (Wildman–Crippen MR) is 179 cm³/mol. The van der Waals surface area contributed by atoms with E-state index in [4.69, 9.17) is 0 Å². The fraction of sp³-hybridized carbons (Fsp3) is 0.161. The fourth-order valence-electron chi connectivity index (χ4n) is 4.51. The molecule has 256 valence electrons. The molecule has 0 heterocycles. The van der Waals surface area contributed by atoms with Gasteiger partial charge in [0.25, 0.3) is 31.4 Å². The first-order valence-corrected chi connectivity index (χ1v) is 17.3. The monoisotopic (exact) mass is 710 g/mol.